The van der Waals surface area contributed by atoms with Crippen LogP contribution in [0.5, 0.6) is 0 Å². The van der Waals surface area contributed by atoms with Gasteiger partial charge >= 0.3 is 0 Å². The molecular weight excluding hydrogens is 367 g/mol. The maximum absolute atomic E-state index is 5.48. The normalized spacial score (nSPS) is 20.6. The Bertz CT molecular complexity index is 467. The van der Waals surface area contributed by atoms with Crippen molar-refractivity contribution < 1.29 is 0 Å². The lowest BCUT2D eigenvalue weighted by Crippen LogP contribution is -2.47. The van der Waals surface area contributed by atoms with E-state index in [9.17, 15) is 0 Å². The number of hydrogen-bond donors (Lipinski definition) is 4. The van der Waals surface area contributed by atoms with Gasteiger partial charge in [0.15, 0.2) is 11.9 Å². The van der Waals surface area contributed by atoms with Crippen molar-refractivity contribution in [2.45, 2.75) is 33.6 Å². The monoisotopic (exact) mass is 398 g/mol. The molecule has 0 amide bonds. The van der Waals surface area contributed by atoms with Crippen LogP contribution in [0.15, 0.2) is 20.0 Å². The predicted octanol–water partition coefficient (Wildman–Crippen LogP) is -0.184. The molecule has 2 aliphatic heterocycles. The zero-order valence-electron chi connectivity index (χ0n) is 14.8. The highest BCUT2D eigenvalue weighted by Crippen LogP contribution is 1.98. The zero-order chi connectivity index (χ0) is 16.9. The van der Waals surface area contributed by atoms with Crippen molar-refractivity contribution in [2.75, 3.05) is 28.2 Å². The molecule has 2 rings (SSSR count). The summed E-state index contributed by atoms with van der Waals surface area (Å²) in [4.78, 5) is 20.1. The first kappa shape index (κ1) is 27.9. The molecule has 2 heterocycles. The maximum Gasteiger partial charge on any atom is 0.202 e. The van der Waals surface area contributed by atoms with Crippen LogP contribution in [0.2, 0.25) is 0 Å². The molecule has 25 heavy (non-hydrogen) atoms. The van der Waals surface area contributed by atoms with Crippen LogP contribution in [-0.2, 0) is 0 Å². The van der Waals surface area contributed by atoms with Gasteiger partial charge in [0.2, 0.25) is 11.9 Å². The highest BCUT2D eigenvalue weighted by atomic mass is 35.5. The number of nitrogens with one attached hydrogen (secondary N) is 2. The van der Waals surface area contributed by atoms with E-state index >= 15 is 0 Å². The Kier molecular flexibility index (Phi) is 13.9. The van der Waals surface area contributed by atoms with Crippen molar-refractivity contribution in [1.29, 1.82) is 0 Å². The van der Waals surface area contributed by atoms with E-state index < -0.39 is 0 Å². The molecule has 10 nitrogen and oxygen atoms in total. The number of nitrogens with two attached hydrogens (primary N) is 2. The van der Waals surface area contributed by atoms with Crippen LogP contribution in [0.4, 0.5) is 0 Å². The Morgan fingerprint density at radius 3 is 1.20 bits per heavy atom. The summed E-state index contributed by atoms with van der Waals surface area (Å²) >= 11 is 0. The molecule has 0 saturated heterocycles. The molecule has 0 spiro atoms. The third kappa shape index (κ3) is 9.82. The highest BCUT2D eigenvalue weighted by molar-refractivity contribution is 5.99. The van der Waals surface area contributed by atoms with Crippen molar-refractivity contribution in [3.63, 3.8) is 0 Å². The minimum Gasteiger partial charge on any atom is -0.370 e. The second kappa shape index (κ2) is 12.4. The summed E-state index contributed by atoms with van der Waals surface area (Å²) in [7, 11) is 7.60. The van der Waals surface area contributed by atoms with Crippen LogP contribution in [0.3, 0.4) is 0 Å². The summed E-state index contributed by atoms with van der Waals surface area (Å²) in [5, 5.41) is 5.70. The lowest BCUT2D eigenvalue weighted by Gasteiger charge is -2.21. The Balaban J connectivity index is -0.000000346. The molecule has 6 N–H and O–H groups in total. The zero-order valence-corrected chi connectivity index (χ0v) is 16.4. The summed E-state index contributed by atoms with van der Waals surface area (Å²) < 4.78 is 0. The first-order valence-electron chi connectivity index (χ1n) is 6.90. The summed E-state index contributed by atoms with van der Waals surface area (Å²) in [6.45, 7) is 3.77. The Labute approximate surface area is 162 Å². The van der Waals surface area contributed by atoms with Crippen LogP contribution in [-0.4, -0.2) is 74.2 Å². The second-order valence-electron chi connectivity index (χ2n) is 5.24. The van der Waals surface area contributed by atoms with Gasteiger partial charge in [-0.05, 0) is 13.8 Å². The topological polar surface area (TPSA) is 132 Å². The predicted molar refractivity (Wildman–Crippen MR) is 112 cm³/mol. The summed E-state index contributed by atoms with van der Waals surface area (Å²) in [5.74, 6) is 2.36. The number of halogens is 2. The van der Waals surface area contributed by atoms with Crippen molar-refractivity contribution in [1.82, 2.24) is 20.4 Å². The number of hydrogen-bond acceptors (Lipinski definition) is 10. The number of guanidine groups is 4. The van der Waals surface area contributed by atoms with Gasteiger partial charge in [0.25, 0.3) is 0 Å². The lowest BCUT2D eigenvalue weighted by molar-refractivity contribution is 0.581. The Morgan fingerprint density at radius 2 is 1.00 bits per heavy atom. The molecule has 0 aromatic carbocycles. The molecular formula is C13H32Cl2N10. The third-order valence-electron chi connectivity index (χ3n) is 2.60. The molecule has 12 heteroatoms. The van der Waals surface area contributed by atoms with Crippen LogP contribution in [0.1, 0.15) is 21.3 Å². The molecule has 0 aromatic rings. The molecule has 0 fully saturated rings. The number of rotatable bonds is 0. The van der Waals surface area contributed by atoms with Crippen molar-refractivity contribution in [3.8, 4) is 0 Å². The van der Waals surface area contributed by atoms with E-state index in [4.69, 9.17) is 11.5 Å². The van der Waals surface area contributed by atoms with E-state index in [1.54, 1.807) is 0 Å². The molecule has 0 saturated carbocycles. The largest absolute Gasteiger partial charge is 0.370 e. The molecule has 0 unspecified atom stereocenters. The fourth-order valence-electron chi connectivity index (χ4n) is 1.63. The average Bonchev–Trinajstić information content (AvgIpc) is 2.37. The molecule has 2 atom stereocenters. The standard InChI is InChI=1S/2C6H13N5.CH4.2ClH/c2*1-4-8-5(7)10-6(9-4)11(2)3;;;/h2*4H,1-3H3,(H3,7,8,9,10);1H4;2*1H/t2*4-;;;/m11.../s1. The van der Waals surface area contributed by atoms with E-state index in [1.165, 1.54) is 0 Å². The van der Waals surface area contributed by atoms with Gasteiger partial charge in [0.05, 0.1) is 0 Å². The lowest BCUT2D eigenvalue weighted by atomic mass is 10.5. The molecule has 0 aromatic heterocycles. The van der Waals surface area contributed by atoms with Crippen molar-refractivity contribution >= 4 is 48.7 Å². The Hall–Kier alpha value is -1.94. The van der Waals surface area contributed by atoms with Gasteiger partial charge < -0.3 is 21.3 Å². The van der Waals surface area contributed by atoms with E-state index in [-0.39, 0.29) is 44.6 Å². The first-order chi connectivity index (χ1) is 10.2. The van der Waals surface area contributed by atoms with Gasteiger partial charge in [0.1, 0.15) is 12.3 Å². The fraction of sp³-hybridized carbons (Fsp3) is 0.692. The molecule has 0 bridgehead atoms. The maximum atomic E-state index is 5.48. The van der Waals surface area contributed by atoms with Crippen LogP contribution >= 0.6 is 24.8 Å². The summed E-state index contributed by atoms with van der Waals surface area (Å²) in [6.07, 6.45) is -0.151. The Morgan fingerprint density at radius 1 is 0.720 bits per heavy atom. The van der Waals surface area contributed by atoms with Gasteiger partial charge in [-0.2, -0.15) is 0 Å². The SMILES string of the molecule is C.C[C@@H]1N=C(N)NC(N(C)C)=N1.C[C@@H]1N=C(N)NC(N(C)C)=N1.Cl.Cl. The minimum absolute atomic E-state index is 0. The van der Waals surface area contributed by atoms with Crippen LogP contribution in [0.25, 0.3) is 0 Å². The number of aliphatic imine (C=N–C) groups is 4. The molecule has 0 radical (unpaired) electrons. The van der Waals surface area contributed by atoms with Crippen molar-refractivity contribution in [2.24, 2.45) is 31.4 Å². The minimum atomic E-state index is -0.0753. The van der Waals surface area contributed by atoms with Crippen LogP contribution in [0, 0.1) is 0 Å². The van der Waals surface area contributed by atoms with Gasteiger partial charge in [-0.1, -0.05) is 7.43 Å². The van der Waals surface area contributed by atoms with Gasteiger partial charge in [-0.15, -0.1) is 24.8 Å². The van der Waals surface area contributed by atoms with E-state index in [2.05, 4.69) is 30.6 Å². The van der Waals surface area contributed by atoms with Gasteiger partial charge in [-0.3, -0.25) is 10.6 Å². The van der Waals surface area contributed by atoms with E-state index in [0.717, 1.165) is 11.9 Å². The second-order valence-corrected chi connectivity index (χ2v) is 5.24. The molecule has 0 aliphatic carbocycles. The van der Waals surface area contributed by atoms with Gasteiger partial charge in [-0.25, -0.2) is 20.0 Å². The quantitative estimate of drug-likeness (QED) is 0.447. The molecule has 2 aliphatic rings. The van der Waals surface area contributed by atoms with Crippen LogP contribution < -0.4 is 22.1 Å². The molecule has 148 valence electrons. The van der Waals surface area contributed by atoms with E-state index in [1.807, 2.05) is 51.8 Å². The fourth-order valence-corrected chi connectivity index (χ4v) is 1.63. The summed E-state index contributed by atoms with van der Waals surface area (Å²) in [6, 6.07) is 0. The van der Waals surface area contributed by atoms with Crippen molar-refractivity contribution in [3.05, 3.63) is 0 Å². The average molecular weight is 399 g/mol. The summed E-state index contributed by atoms with van der Waals surface area (Å²) in [5.41, 5.74) is 11.0. The first-order valence-corrected chi connectivity index (χ1v) is 6.90. The number of nitrogens with zero attached hydrogens (tertiary/aromatic N) is 6. The highest BCUT2D eigenvalue weighted by Gasteiger charge is 2.12. The van der Waals surface area contributed by atoms with E-state index in [0.29, 0.717) is 11.9 Å². The van der Waals surface area contributed by atoms with Gasteiger partial charge in [0, 0.05) is 28.2 Å². The third-order valence-corrected chi connectivity index (χ3v) is 2.60. The smallest absolute Gasteiger partial charge is 0.202 e.